The minimum Gasteiger partial charge on any atom is -0.357 e. The standard InChI is InChI=1S/C16H22N4OS.2ClH/c1-10(17)12-3-5-20(6-4-12)16(21)14-7-13(8-18-14)15-9-22-11(2)19-15;;/h7-10,12,18H,3-6,17H2,1-2H3;2*1H. The minimum atomic E-state index is 0. The topological polar surface area (TPSA) is 75.0 Å². The molecule has 1 unspecified atom stereocenters. The SMILES string of the molecule is Cc1nc(-c2c[nH]c(C(=O)N3CCC(C(C)N)CC3)c2)cs1.Cl.Cl. The Morgan fingerprint density at radius 2 is 2.08 bits per heavy atom. The fraction of sp³-hybridized carbons (Fsp3) is 0.500. The van der Waals surface area contributed by atoms with Gasteiger partial charge in [-0.05, 0) is 38.7 Å². The number of hydrogen-bond acceptors (Lipinski definition) is 4. The van der Waals surface area contributed by atoms with E-state index in [0.29, 0.717) is 11.6 Å². The van der Waals surface area contributed by atoms with Gasteiger partial charge in [0.25, 0.3) is 5.91 Å². The van der Waals surface area contributed by atoms with Gasteiger partial charge in [0.2, 0.25) is 0 Å². The number of nitrogens with zero attached hydrogens (tertiary/aromatic N) is 2. The summed E-state index contributed by atoms with van der Waals surface area (Å²) < 4.78 is 0. The van der Waals surface area contributed by atoms with Gasteiger partial charge in [-0.15, -0.1) is 36.2 Å². The summed E-state index contributed by atoms with van der Waals surface area (Å²) in [4.78, 5) is 22.0. The number of aromatic nitrogens is 2. The predicted molar refractivity (Wildman–Crippen MR) is 103 cm³/mol. The van der Waals surface area contributed by atoms with E-state index in [1.165, 1.54) is 0 Å². The lowest BCUT2D eigenvalue weighted by Gasteiger charge is -2.33. The lowest BCUT2D eigenvalue weighted by Crippen LogP contribution is -2.42. The number of carbonyl (C=O) groups excluding carboxylic acids is 1. The largest absolute Gasteiger partial charge is 0.357 e. The van der Waals surface area contributed by atoms with E-state index in [-0.39, 0.29) is 36.8 Å². The van der Waals surface area contributed by atoms with Crippen LogP contribution in [0.1, 0.15) is 35.3 Å². The zero-order chi connectivity index (χ0) is 15.7. The van der Waals surface area contributed by atoms with Crippen molar-refractivity contribution in [3.8, 4) is 11.3 Å². The second-order valence-corrected chi connectivity index (χ2v) is 7.10. The van der Waals surface area contributed by atoms with Crippen LogP contribution in [-0.2, 0) is 0 Å². The first-order valence-electron chi connectivity index (χ1n) is 7.70. The number of piperidine rings is 1. The number of rotatable bonds is 3. The number of likely N-dealkylation sites (tertiary alicyclic amines) is 1. The zero-order valence-electron chi connectivity index (χ0n) is 13.8. The first kappa shape index (κ1) is 21.0. The molecule has 0 saturated carbocycles. The highest BCUT2D eigenvalue weighted by Gasteiger charge is 2.26. The number of nitrogens with one attached hydrogen (secondary N) is 1. The van der Waals surface area contributed by atoms with Gasteiger partial charge in [0.15, 0.2) is 0 Å². The number of nitrogens with two attached hydrogens (primary N) is 1. The van der Waals surface area contributed by atoms with Gasteiger partial charge in [-0.3, -0.25) is 4.79 Å². The minimum absolute atomic E-state index is 0. The Morgan fingerprint density at radius 3 is 2.62 bits per heavy atom. The van der Waals surface area contributed by atoms with Crippen molar-refractivity contribution in [3.05, 3.63) is 28.3 Å². The molecule has 3 heterocycles. The molecule has 2 aromatic heterocycles. The third kappa shape index (κ3) is 4.51. The Balaban J connectivity index is 0.00000144. The van der Waals surface area contributed by atoms with Crippen LogP contribution in [0.4, 0.5) is 0 Å². The van der Waals surface area contributed by atoms with E-state index in [1.807, 2.05) is 29.5 Å². The summed E-state index contributed by atoms with van der Waals surface area (Å²) in [5.41, 5.74) is 8.49. The third-order valence-electron chi connectivity index (χ3n) is 4.40. The summed E-state index contributed by atoms with van der Waals surface area (Å²) in [5.74, 6) is 0.600. The molecule has 1 fully saturated rings. The van der Waals surface area contributed by atoms with Crippen LogP contribution in [0.5, 0.6) is 0 Å². The van der Waals surface area contributed by atoms with E-state index >= 15 is 0 Å². The van der Waals surface area contributed by atoms with Crippen LogP contribution in [0.2, 0.25) is 0 Å². The van der Waals surface area contributed by atoms with Gasteiger partial charge in [-0.1, -0.05) is 0 Å². The smallest absolute Gasteiger partial charge is 0.270 e. The molecule has 2 aromatic rings. The van der Waals surface area contributed by atoms with Crippen LogP contribution < -0.4 is 5.73 Å². The van der Waals surface area contributed by atoms with E-state index in [0.717, 1.165) is 42.2 Å². The molecule has 24 heavy (non-hydrogen) atoms. The van der Waals surface area contributed by atoms with Gasteiger partial charge in [-0.2, -0.15) is 0 Å². The number of carbonyl (C=O) groups is 1. The fourth-order valence-electron chi connectivity index (χ4n) is 2.96. The zero-order valence-corrected chi connectivity index (χ0v) is 16.3. The average molecular weight is 391 g/mol. The lowest BCUT2D eigenvalue weighted by molar-refractivity contribution is 0.0676. The highest BCUT2D eigenvalue weighted by Crippen LogP contribution is 2.24. The van der Waals surface area contributed by atoms with Crippen molar-refractivity contribution in [2.75, 3.05) is 13.1 Å². The second kappa shape index (κ2) is 8.85. The maximum atomic E-state index is 12.6. The quantitative estimate of drug-likeness (QED) is 0.841. The average Bonchev–Trinajstić information content (AvgIpc) is 3.15. The lowest BCUT2D eigenvalue weighted by atomic mass is 9.91. The van der Waals surface area contributed by atoms with Gasteiger partial charge < -0.3 is 15.6 Å². The Kier molecular flexibility index (Phi) is 7.73. The molecule has 1 atom stereocenters. The number of thiazole rings is 1. The number of hydrogen-bond donors (Lipinski definition) is 2. The van der Waals surface area contributed by atoms with Gasteiger partial charge in [0, 0.05) is 36.3 Å². The molecule has 1 amide bonds. The molecule has 0 spiro atoms. The predicted octanol–water partition coefficient (Wildman–Crippen LogP) is 3.49. The molecule has 3 rings (SSSR count). The molecule has 5 nitrogen and oxygen atoms in total. The van der Waals surface area contributed by atoms with Crippen molar-refractivity contribution in [2.45, 2.75) is 32.7 Å². The molecule has 8 heteroatoms. The summed E-state index contributed by atoms with van der Waals surface area (Å²) in [7, 11) is 0. The molecular weight excluding hydrogens is 367 g/mol. The highest BCUT2D eigenvalue weighted by molar-refractivity contribution is 7.09. The molecule has 3 N–H and O–H groups in total. The van der Waals surface area contributed by atoms with E-state index in [2.05, 4.69) is 16.9 Å². The number of halogens is 2. The van der Waals surface area contributed by atoms with Crippen molar-refractivity contribution in [3.63, 3.8) is 0 Å². The number of aryl methyl sites for hydroxylation is 1. The molecule has 0 aliphatic carbocycles. The molecule has 0 radical (unpaired) electrons. The van der Waals surface area contributed by atoms with E-state index in [4.69, 9.17) is 5.73 Å². The van der Waals surface area contributed by atoms with Crippen molar-refractivity contribution in [1.29, 1.82) is 0 Å². The number of aromatic amines is 1. The van der Waals surface area contributed by atoms with E-state index in [9.17, 15) is 4.79 Å². The van der Waals surface area contributed by atoms with Crippen LogP contribution in [-0.4, -0.2) is 39.9 Å². The highest BCUT2D eigenvalue weighted by atomic mass is 35.5. The van der Waals surface area contributed by atoms with Crippen molar-refractivity contribution < 1.29 is 4.79 Å². The van der Waals surface area contributed by atoms with Gasteiger partial charge in [-0.25, -0.2) is 4.98 Å². The summed E-state index contributed by atoms with van der Waals surface area (Å²) in [6.45, 7) is 5.61. The normalized spacial score (nSPS) is 16.2. The van der Waals surface area contributed by atoms with Gasteiger partial charge in [0.05, 0.1) is 10.7 Å². The molecule has 1 aliphatic rings. The Labute approximate surface area is 158 Å². The molecular formula is C16H24Cl2N4OS. The first-order chi connectivity index (χ1) is 10.5. The van der Waals surface area contributed by atoms with Crippen LogP contribution in [0.15, 0.2) is 17.6 Å². The van der Waals surface area contributed by atoms with Crippen LogP contribution in [0.25, 0.3) is 11.3 Å². The third-order valence-corrected chi connectivity index (χ3v) is 5.17. The summed E-state index contributed by atoms with van der Waals surface area (Å²) in [6, 6.07) is 2.11. The van der Waals surface area contributed by atoms with E-state index < -0.39 is 0 Å². The van der Waals surface area contributed by atoms with E-state index in [1.54, 1.807) is 11.3 Å². The van der Waals surface area contributed by atoms with Crippen LogP contribution in [0.3, 0.4) is 0 Å². The molecule has 0 aromatic carbocycles. The Morgan fingerprint density at radius 1 is 1.42 bits per heavy atom. The molecule has 0 bridgehead atoms. The monoisotopic (exact) mass is 390 g/mol. The molecule has 1 aliphatic heterocycles. The summed E-state index contributed by atoms with van der Waals surface area (Å²) in [6.07, 6.45) is 3.83. The second-order valence-electron chi connectivity index (χ2n) is 6.04. The maximum Gasteiger partial charge on any atom is 0.270 e. The Hall–Kier alpha value is -1.08. The summed E-state index contributed by atoms with van der Waals surface area (Å²) >= 11 is 1.62. The number of amides is 1. The molecule has 134 valence electrons. The summed E-state index contributed by atoms with van der Waals surface area (Å²) in [5, 5.41) is 3.04. The first-order valence-corrected chi connectivity index (χ1v) is 8.58. The van der Waals surface area contributed by atoms with Crippen molar-refractivity contribution >= 4 is 42.1 Å². The fourth-order valence-corrected chi connectivity index (χ4v) is 3.58. The van der Waals surface area contributed by atoms with Crippen molar-refractivity contribution in [2.24, 2.45) is 11.7 Å². The van der Waals surface area contributed by atoms with Gasteiger partial charge >= 0.3 is 0 Å². The maximum absolute atomic E-state index is 12.6. The number of H-pyrrole nitrogens is 1. The van der Waals surface area contributed by atoms with Crippen molar-refractivity contribution in [1.82, 2.24) is 14.9 Å². The van der Waals surface area contributed by atoms with Gasteiger partial charge in [0.1, 0.15) is 5.69 Å². The Bertz CT molecular complexity index is 663. The van der Waals surface area contributed by atoms with Crippen LogP contribution in [0, 0.1) is 12.8 Å². The van der Waals surface area contributed by atoms with Crippen LogP contribution >= 0.6 is 36.2 Å². The molecule has 1 saturated heterocycles.